The fourth-order valence-electron chi connectivity index (χ4n) is 2.57. The van der Waals surface area contributed by atoms with Crippen LogP contribution in [0.15, 0.2) is 5.38 Å². The smallest absolute Gasteiger partial charge is 0.317 e. The minimum Gasteiger partial charge on any atom is -0.338 e. The Labute approximate surface area is 133 Å². The lowest BCUT2D eigenvalue weighted by Gasteiger charge is -2.17. The summed E-state index contributed by atoms with van der Waals surface area (Å²) < 4.78 is 2.11. The Morgan fingerprint density at radius 2 is 2.36 bits per heavy atom. The summed E-state index contributed by atoms with van der Waals surface area (Å²) >= 11 is 1.63. The predicted octanol–water partition coefficient (Wildman–Crippen LogP) is 1.37. The number of amides is 2. The van der Waals surface area contributed by atoms with Crippen LogP contribution in [0.3, 0.4) is 0 Å². The van der Waals surface area contributed by atoms with Crippen LogP contribution in [-0.2, 0) is 25.9 Å². The van der Waals surface area contributed by atoms with E-state index >= 15 is 0 Å². The van der Waals surface area contributed by atoms with Crippen molar-refractivity contribution in [1.82, 2.24) is 30.0 Å². The van der Waals surface area contributed by atoms with Crippen LogP contribution in [-0.4, -0.2) is 44.3 Å². The van der Waals surface area contributed by atoms with Gasteiger partial charge in [0.1, 0.15) is 5.82 Å². The molecule has 0 aromatic carbocycles. The van der Waals surface area contributed by atoms with E-state index in [0.29, 0.717) is 13.1 Å². The first-order chi connectivity index (χ1) is 10.6. The van der Waals surface area contributed by atoms with Crippen LogP contribution < -0.4 is 5.32 Å². The summed E-state index contributed by atoms with van der Waals surface area (Å²) in [5, 5.41) is 14.3. The van der Waals surface area contributed by atoms with Crippen molar-refractivity contribution in [2.75, 3.05) is 13.6 Å². The van der Waals surface area contributed by atoms with E-state index in [2.05, 4.69) is 25.1 Å². The Bertz CT molecular complexity index is 664. The lowest BCUT2D eigenvalue weighted by Crippen LogP contribution is -2.38. The molecule has 2 aromatic heterocycles. The summed E-state index contributed by atoms with van der Waals surface area (Å²) in [6.07, 6.45) is 2.85. The quantitative estimate of drug-likeness (QED) is 0.903. The van der Waals surface area contributed by atoms with Crippen molar-refractivity contribution in [2.45, 2.75) is 39.3 Å². The molecule has 0 aliphatic carbocycles. The Morgan fingerprint density at radius 1 is 1.50 bits per heavy atom. The number of carbonyl (C=O) groups excluding carboxylic acids is 1. The topological polar surface area (TPSA) is 75.9 Å². The van der Waals surface area contributed by atoms with Gasteiger partial charge in [0.25, 0.3) is 0 Å². The van der Waals surface area contributed by atoms with Gasteiger partial charge in [-0.15, -0.1) is 21.5 Å². The van der Waals surface area contributed by atoms with Gasteiger partial charge in [-0.3, -0.25) is 0 Å². The number of urea groups is 1. The molecule has 7 nitrogen and oxygen atoms in total. The molecule has 118 valence electrons. The largest absolute Gasteiger partial charge is 0.338 e. The first kappa shape index (κ1) is 15.0. The highest BCUT2D eigenvalue weighted by Gasteiger charge is 2.19. The second kappa shape index (κ2) is 6.43. The number of fused-ring (bicyclic) bond motifs is 1. The molecule has 0 atom stereocenters. The maximum Gasteiger partial charge on any atom is 0.317 e. The van der Waals surface area contributed by atoms with Gasteiger partial charge in [0.15, 0.2) is 5.82 Å². The van der Waals surface area contributed by atoms with Crippen LogP contribution in [0.1, 0.15) is 28.8 Å². The molecule has 0 spiro atoms. The fraction of sp³-hybridized carbons (Fsp3) is 0.571. The SMILES string of the molecule is Cc1nc(CCNC(=O)N(C)Cc2nnc3n2CCC3)cs1. The third kappa shape index (κ3) is 3.27. The van der Waals surface area contributed by atoms with Crippen LogP contribution in [0, 0.1) is 6.92 Å². The standard InChI is InChI=1S/C14H20N6OS/c1-10-16-11(9-22-10)5-6-15-14(21)19(2)8-13-18-17-12-4-3-7-20(12)13/h9H,3-8H2,1-2H3,(H,15,21). The minimum atomic E-state index is -0.0951. The third-order valence-corrected chi connectivity index (χ3v) is 4.56. The molecule has 22 heavy (non-hydrogen) atoms. The van der Waals surface area contributed by atoms with E-state index in [0.717, 1.165) is 48.2 Å². The number of rotatable bonds is 5. The molecule has 2 amide bonds. The van der Waals surface area contributed by atoms with E-state index < -0.39 is 0 Å². The van der Waals surface area contributed by atoms with Crippen molar-refractivity contribution in [3.8, 4) is 0 Å². The fourth-order valence-corrected chi connectivity index (χ4v) is 3.21. The van der Waals surface area contributed by atoms with Gasteiger partial charge in [-0.1, -0.05) is 0 Å². The van der Waals surface area contributed by atoms with Crippen molar-refractivity contribution in [2.24, 2.45) is 0 Å². The van der Waals surface area contributed by atoms with E-state index in [1.165, 1.54) is 0 Å². The number of nitrogens with one attached hydrogen (secondary N) is 1. The van der Waals surface area contributed by atoms with Gasteiger partial charge < -0.3 is 14.8 Å². The first-order valence-electron chi connectivity index (χ1n) is 7.44. The predicted molar refractivity (Wildman–Crippen MR) is 83.8 cm³/mol. The van der Waals surface area contributed by atoms with E-state index in [1.807, 2.05) is 12.3 Å². The van der Waals surface area contributed by atoms with E-state index in [1.54, 1.807) is 23.3 Å². The summed E-state index contributed by atoms with van der Waals surface area (Å²) in [5.74, 6) is 1.89. The number of aromatic nitrogens is 4. The van der Waals surface area contributed by atoms with Crippen molar-refractivity contribution in [3.63, 3.8) is 0 Å². The Hall–Kier alpha value is -1.96. The second-order valence-corrected chi connectivity index (χ2v) is 6.55. The summed E-state index contributed by atoms with van der Waals surface area (Å²) in [5.41, 5.74) is 1.03. The van der Waals surface area contributed by atoms with Gasteiger partial charge in [0, 0.05) is 38.4 Å². The highest BCUT2D eigenvalue weighted by Crippen LogP contribution is 2.15. The highest BCUT2D eigenvalue weighted by molar-refractivity contribution is 7.09. The molecule has 1 N–H and O–H groups in total. The Morgan fingerprint density at radius 3 is 3.14 bits per heavy atom. The average Bonchev–Trinajstić information content (AvgIpc) is 3.18. The first-order valence-corrected chi connectivity index (χ1v) is 8.32. The molecule has 8 heteroatoms. The number of aryl methyl sites for hydroxylation is 2. The Kier molecular flexibility index (Phi) is 4.37. The molecular formula is C14H20N6OS. The zero-order valence-electron chi connectivity index (χ0n) is 12.9. The second-order valence-electron chi connectivity index (χ2n) is 5.48. The van der Waals surface area contributed by atoms with Crippen LogP contribution >= 0.6 is 11.3 Å². The average molecular weight is 320 g/mol. The van der Waals surface area contributed by atoms with E-state index in [9.17, 15) is 4.79 Å². The molecule has 3 heterocycles. The van der Waals surface area contributed by atoms with Gasteiger partial charge in [0.05, 0.1) is 17.2 Å². The van der Waals surface area contributed by atoms with Gasteiger partial charge in [-0.05, 0) is 13.3 Å². The molecule has 0 unspecified atom stereocenters. The molecule has 1 aliphatic rings. The zero-order valence-corrected chi connectivity index (χ0v) is 13.7. The number of hydrogen-bond acceptors (Lipinski definition) is 5. The van der Waals surface area contributed by atoms with Crippen molar-refractivity contribution >= 4 is 17.4 Å². The van der Waals surface area contributed by atoms with Crippen molar-refractivity contribution in [1.29, 1.82) is 0 Å². The van der Waals surface area contributed by atoms with Crippen molar-refractivity contribution < 1.29 is 4.79 Å². The van der Waals surface area contributed by atoms with Gasteiger partial charge >= 0.3 is 6.03 Å². The van der Waals surface area contributed by atoms with Crippen LogP contribution in [0.4, 0.5) is 4.79 Å². The van der Waals surface area contributed by atoms with E-state index in [-0.39, 0.29) is 6.03 Å². The molecule has 2 aromatic rings. The number of hydrogen-bond donors (Lipinski definition) is 1. The molecule has 0 bridgehead atoms. The number of thiazole rings is 1. The van der Waals surface area contributed by atoms with Crippen LogP contribution in [0.2, 0.25) is 0 Å². The van der Waals surface area contributed by atoms with Crippen molar-refractivity contribution in [3.05, 3.63) is 27.7 Å². The molecule has 0 saturated heterocycles. The maximum absolute atomic E-state index is 12.1. The lowest BCUT2D eigenvalue weighted by atomic mass is 10.3. The Balaban J connectivity index is 1.47. The molecule has 0 saturated carbocycles. The maximum atomic E-state index is 12.1. The third-order valence-electron chi connectivity index (χ3n) is 3.74. The molecule has 3 rings (SSSR count). The summed E-state index contributed by atoms with van der Waals surface area (Å²) in [6, 6.07) is -0.0951. The monoisotopic (exact) mass is 320 g/mol. The number of carbonyl (C=O) groups is 1. The van der Waals surface area contributed by atoms with Gasteiger partial charge in [0.2, 0.25) is 0 Å². The van der Waals surface area contributed by atoms with Gasteiger partial charge in [-0.25, -0.2) is 9.78 Å². The normalized spacial score (nSPS) is 13.2. The van der Waals surface area contributed by atoms with Crippen LogP contribution in [0.25, 0.3) is 0 Å². The molecular weight excluding hydrogens is 300 g/mol. The van der Waals surface area contributed by atoms with Crippen LogP contribution in [0.5, 0.6) is 0 Å². The molecule has 0 fully saturated rings. The summed E-state index contributed by atoms with van der Waals surface area (Å²) in [7, 11) is 1.78. The summed E-state index contributed by atoms with van der Waals surface area (Å²) in [6.45, 7) is 4.01. The van der Waals surface area contributed by atoms with E-state index in [4.69, 9.17) is 0 Å². The summed E-state index contributed by atoms with van der Waals surface area (Å²) in [4.78, 5) is 18.1. The molecule has 0 radical (unpaired) electrons. The minimum absolute atomic E-state index is 0.0951. The lowest BCUT2D eigenvalue weighted by molar-refractivity contribution is 0.205. The number of nitrogens with zero attached hydrogens (tertiary/aromatic N) is 5. The zero-order chi connectivity index (χ0) is 15.5. The highest BCUT2D eigenvalue weighted by atomic mass is 32.1. The van der Waals surface area contributed by atoms with Gasteiger partial charge in [-0.2, -0.15) is 0 Å². The molecule has 1 aliphatic heterocycles.